The van der Waals surface area contributed by atoms with Crippen LogP contribution in [-0.2, 0) is 7.05 Å². The maximum Gasteiger partial charge on any atom is 0.123 e. The predicted octanol–water partition coefficient (Wildman–Crippen LogP) is 2.48. The molecule has 0 bridgehead atoms. The van der Waals surface area contributed by atoms with Gasteiger partial charge in [0.1, 0.15) is 5.82 Å². The fourth-order valence-corrected chi connectivity index (χ4v) is 2.33. The molecule has 2 aromatic rings. The largest absolute Gasteiger partial charge is 0.308 e. The summed E-state index contributed by atoms with van der Waals surface area (Å²) in [6, 6.07) is 6.95. The van der Waals surface area contributed by atoms with Crippen LogP contribution in [0.4, 0.5) is 4.39 Å². The van der Waals surface area contributed by atoms with Gasteiger partial charge in [-0.3, -0.25) is 4.68 Å². The second-order valence-electron chi connectivity index (χ2n) is 4.56. The Morgan fingerprint density at radius 3 is 2.50 bits per heavy atom. The molecule has 1 atom stereocenters. The van der Waals surface area contributed by atoms with Crippen molar-refractivity contribution >= 4 is 0 Å². The number of hydrogen-bond acceptors (Lipinski definition) is 2. The second-order valence-corrected chi connectivity index (χ2v) is 4.56. The zero-order chi connectivity index (χ0) is 13.3. The van der Waals surface area contributed by atoms with Crippen molar-refractivity contribution in [1.29, 1.82) is 0 Å². The van der Waals surface area contributed by atoms with Crippen molar-refractivity contribution in [2.24, 2.45) is 7.05 Å². The molecule has 0 amide bonds. The minimum Gasteiger partial charge on any atom is -0.308 e. The molecule has 1 unspecified atom stereocenters. The lowest BCUT2D eigenvalue weighted by Gasteiger charge is -2.19. The molecule has 0 radical (unpaired) electrons. The molecular weight excluding hydrogens is 229 g/mol. The summed E-state index contributed by atoms with van der Waals surface area (Å²) in [6.45, 7) is 3.89. The summed E-state index contributed by atoms with van der Waals surface area (Å²) in [6.07, 6.45) is 0. The van der Waals surface area contributed by atoms with Crippen LogP contribution in [0.3, 0.4) is 0 Å². The van der Waals surface area contributed by atoms with E-state index in [1.165, 1.54) is 6.07 Å². The fourth-order valence-electron chi connectivity index (χ4n) is 2.33. The highest BCUT2D eigenvalue weighted by Gasteiger charge is 2.18. The molecule has 0 spiro atoms. The van der Waals surface area contributed by atoms with Gasteiger partial charge in [0.25, 0.3) is 0 Å². The van der Waals surface area contributed by atoms with Crippen molar-refractivity contribution < 1.29 is 4.39 Å². The number of nitrogens with one attached hydrogen (secondary N) is 1. The molecule has 1 N–H and O–H groups in total. The third-order valence-electron chi connectivity index (χ3n) is 3.17. The summed E-state index contributed by atoms with van der Waals surface area (Å²) in [7, 11) is 3.82. The van der Waals surface area contributed by atoms with Crippen LogP contribution < -0.4 is 5.32 Å². The summed E-state index contributed by atoms with van der Waals surface area (Å²) in [5, 5.41) is 7.62. The maximum absolute atomic E-state index is 13.2. The first-order valence-corrected chi connectivity index (χ1v) is 5.96. The monoisotopic (exact) mass is 247 g/mol. The summed E-state index contributed by atoms with van der Waals surface area (Å²) >= 11 is 0. The molecule has 1 aromatic heterocycles. The summed E-state index contributed by atoms with van der Waals surface area (Å²) in [5.41, 5.74) is 4.06. The maximum atomic E-state index is 13.2. The van der Waals surface area contributed by atoms with Crippen LogP contribution in [0.25, 0.3) is 0 Å². The molecule has 4 heteroatoms. The molecule has 1 aromatic carbocycles. The zero-order valence-corrected chi connectivity index (χ0v) is 11.2. The number of hydrogen-bond donors (Lipinski definition) is 1. The molecule has 0 saturated carbocycles. The molecule has 1 heterocycles. The first kappa shape index (κ1) is 12.8. The van der Waals surface area contributed by atoms with Gasteiger partial charge in [0.2, 0.25) is 0 Å². The standard InChI is InChI=1S/C14H18FN3/c1-9-7-11(15)5-6-12(9)14(16-3)13-8-10(2)17-18(13)4/h5-8,14,16H,1-4H3. The van der Waals surface area contributed by atoms with Crippen molar-refractivity contribution in [2.45, 2.75) is 19.9 Å². The van der Waals surface area contributed by atoms with Crippen LogP contribution in [0.1, 0.15) is 28.6 Å². The molecule has 0 aliphatic rings. The molecule has 2 rings (SSSR count). The van der Waals surface area contributed by atoms with Gasteiger partial charge in [-0.05, 0) is 50.2 Å². The zero-order valence-electron chi connectivity index (χ0n) is 11.2. The van der Waals surface area contributed by atoms with E-state index in [0.29, 0.717) is 0 Å². The Morgan fingerprint density at radius 1 is 1.28 bits per heavy atom. The number of benzene rings is 1. The number of halogens is 1. The third kappa shape index (κ3) is 2.29. The lowest BCUT2D eigenvalue weighted by molar-refractivity contribution is 0.595. The van der Waals surface area contributed by atoms with Crippen LogP contribution in [-0.4, -0.2) is 16.8 Å². The Balaban J connectivity index is 2.48. The van der Waals surface area contributed by atoms with E-state index in [1.54, 1.807) is 6.07 Å². The van der Waals surface area contributed by atoms with Gasteiger partial charge in [-0.1, -0.05) is 6.07 Å². The van der Waals surface area contributed by atoms with Gasteiger partial charge >= 0.3 is 0 Å². The van der Waals surface area contributed by atoms with E-state index in [-0.39, 0.29) is 11.9 Å². The molecule has 18 heavy (non-hydrogen) atoms. The van der Waals surface area contributed by atoms with Crippen molar-refractivity contribution in [3.8, 4) is 0 Å². The average molecular weight is 247 g/mol. The Labute approximate surface area is 107 Å². The molecule has 3 nitrogen and oxygen atoms in total. The smallest absolute Gasteiger partial charge is 0.123 e. The Morgan fingerprint density at radius 2 is 2.00 bits per heavy atom. The highest BCUT2D eigenvalue weighted by Crippen LogP contribution is 2.25. The van der Waals surface area contributed by atoms with Crippen molar-refractivity contribution in [2.75, 3.05) is 7.05 Å². The van der Waals surface area contributed by atoms with E-state index in [4.69, 9.17) is 0 Å². The highest BCUT2D eigenvalue weighted by molar-refractivity contribution is 5.35. The van der Waals surface area contributed by atoms with E-state index in [2.05, 4.69) is 10.4 Å². The number of nitrogens with zero attached hydrogens (tertiary/aromatic N) is 2. The fraction of sp³-hybridized carbons (Fsp3) is 0.357. The Bertz CT molecular complexity index is 560. The van der Waals surface area contributed by atoms with E-state index in [1.807, 2.05) is 44.8 Å². The SMILES string of the molecule is CNC(c1ccc(F)cc1C)c1cc(C)nn1C. The first-order valence-electron chi connectivity index (χ1n) is 5.96. The van der Waals surface area contributed by atoms with Gasteiger partial charge < -0.3 is 5.32 Å². The van der Waals surface area contributed by atoms with Gasteiger partial charge in [-0.2, -0.15) is 5.10 Å². The van der Waals surface area contributed by atoms with Crippen molar-refractivity contribution in [1.82, 2.24) is 15.1 Å². The van der Waals surface area contributed by atoms with Gasteiger partial charge in [0, 0.05) is 7.05 Å². The van der Waals surface area contributed by atoms with Crippen molar-refractivity contribution in [3.63, 3.8) is 0 Å². The average Bonchev–Trinajstić information content (AvgIpc) is 2.62. The molecule has 0 fully saturated rings. The molecule has 0 saturated heterocycles. The van der Waals surface area contributed by atoms with Gasteiger partial charge in [-0.25, -0.2) is 4.39 Å². The minimum absolute atomic E-state index is 0.0248. The number of aryl methyl sites for hydroxylation is 3. The summed E-state index contributed by atoms with van der Waals surface area (Å²) in [5.74, 6) is -0.202. The summed E-state index contributed by atoms with van der Waals surface area (Å²) in [4.78, 5) is 0. The first-order chi connectivity index (χ1) is 8.52. The lowest BCUT2D eigenvalue weighted by Crippen LogP contribution is -2.21. The second kappa shape index (κ2) is 4.90. The normalized spacial score (nSPS) is 12.7. The van der Waals surface area contributed by atoms with E-state index >= 15 is 0 Å². The van der Waals surface area contributed by atoms with Crippen LogP contribution in [0.5, 0.6) is 0 Å². The highest BCUT2D eigenvalue weighted by atomic mass is 19.1. The number of aromatic nitrogens is 2. The quantitative estimate of drug-likeness (QED) is 0.903. The van der Waals surface area contributed by atoms with Gasteiger partial charge in [-0.15, -0.1) is 0 Å². The van der Waals surface area contributed by atoms with Crippen LogP contribution in [0.15, 0.2) is 24.3 Å². The van der Waals surface area contributed by atoms with E-state index < -0.39 is 0 Å². The molecule has 96 valence electrons. The Kier molecular flexibility index (Phi) is 3.48. The summed E-state index contributed by atoms with van der Waals surface area (Å²) < 4.78 is 15.0. The molecule has 0 aliphatic carbocycles. The lowest BCUT2D eigenvalue weighted by atomic mass is 9.98. The van der Waals surface area contributed by atoms with E-state index in [0.717, 1.165) is 22.5 Å². The Hall–Kier alpha value is -1.68. The van der Waals surface area contributed by atoms with Crippen LogP contribution in [0, 0.1) is 19.7 Å². The molecule has 0 aliphatic heterocycles. The number of rotatable bonds is 3. The van der Waals surface area contributed by atoms with Gasteiger partial charge in [0.05, 0.1) is 17.4 Å². The third-order valence-corrected chi connectivity index (χ3v) is 3.17. The van der Waals surface area contributed by atoms with E-state index in [9.17, 15) is 4.39 Å². The minimum atomic E-state index is -0.202. The van der Waals surface area contributed by atoms with Crippen LogP contribution >= 0.6 is 0 Å². The van der Waals surface area contributed by atoms with Gasteiger partial charge in [0.15, 0.2) is 0 Å². The van der Waals surface area contributed by atoms with Crippen molar-refractivity contribution in [3.05, 3.63) is 52.6 Å². The predicted molar refractivity (Wildman–Crippen MR) is 70.0 cm³/mol. The van der Waals surface area contributed by atoms with Crippen LogP contribution in [0.2, 0.25) is 0 Å². The topological polar surface area (TPSA) is 29.9 Å². The molecular formula is C14H18FN3.